The molecule has 2 aromatic heterocycles. The van der Waals surface area contributed by atoms with Gasteiger partial charge in [-0.3, -0.25) is 14.3 Å². The van der Waals surface area contributed by atoms with Crippen molar-refractivity contribution in [1.29, 1.82) is 0 Å². The van der Waals surface area contributed by atoms with Crippen molar-refractivity contribution in [2.24, 2.45) is 13.0 Å². The molecule has 1 fully saturated rings. The van der Waals surface area contributed by atoms with E-state index in [2.05, 4.69) is 10.4 Å². The minimum Gasteiger partial charge on any atom is -0.456 e. The highest BCUT2D eigenvalue weighted by Gasteiger charge is 2.41. The molecule has 0 radical (unpaired) electrons. The van der Waals surface area contributed by atoms with Gasteiger partial charge in [-0.05, 0) is 25.5 Å². The Morgan fingerprint density at radius 1 is 1.33 bits per heavy atom. The van der Waals surface area contributed by atoms with Gasteiger partial charge in [0.25, 0.3) is 5.91 Å². The third kappa shape index (κ3) is 2.81. The molecule has 1 aliphatic rings. The number of hydrogen-bond donors (Lipinski definition) is 1. The van der Waals surface area contributed by atoms with Gasteiger partial charge in [0.05, 0.1) is 12.1 Å². The van der Waals surface area contributed by atoms with E-state index in [0.29, 0.717) is 24.6 Å². The summed E-state index contributed by atoms with van der Waals surface area (Å²) in [7, 11) is 3.46. The maximum atomic E-state index is 12.8. The molecule has 128 valence electrons. The van der Waals surface area contributed by atoms with Crippen LogP contribution >= 0.6 is 0 Å². The van der Waals surface area contributed by atoms with Crippen LogP contribution in [0.25, 0.3) is 0 Å². The molecule has 1 aliphatic heterocycles. The second-order valence-electron chi connectivity index (χ2n) is 6.35. The number of nitrogens with zero attached hydrogens (tertiary/aromatic N) is 3. The van der Waals surface area contributed by atoms with Gasteiger partial charge in [0.2, 0.25) is 5.91 Å². The average molecular weight is 330 g/mol. The Labute approximate surface area is 140 Å². The van der Waals surface area contributed by atoms with Gasteiger partial charge in [-0.1, -0.05) is 0 Å². The smallest absolute Gasteiger partial charge is 0.289 e. The number of nitrogens with one attached hydrogen (secondary N) is 1. The zero-order valence-corrected chi connectivity index (χ0v) is 14.4. The molecule has 1 saturated heterocycles. The summed E-state index contributed by atoms with van der Waals surface area (Å²) in [6.07, 6.45) is 3.66. The fraction of sp³-hybridized carbons (Fsp3) is 0.471. The fourth-order valence-corrected chi connectivity index (χ4v) is 3.39. The maximum absolute atomic E-state index is 12.8. The molecular weight excluding hydrogens is 308 g/mol. The molecule has 0 aliphatic carbocycles. The van der Waals surface area contributed by atoms with Crippen molar-refractivity contribution in [3.63, 3.8) is 0 Å². The second kappa shape index (κ2) is 6.14. The Bertz CT molecular complexity index is 777. The third-order valence-electron chi connectivity index (χ3n) is 4.58. The van der Waals surface area contributed by atoms with Crippen LogP contribution in [0.5, 0.6) is 0 Å². The van der Waals surface area contributed by atoms with Gasteiger partial charge >= 0.3 is 0 Å². The van der Waals surface area contributed by atoms with Crippen LogP contribution in [0, 0.1) is 19.8 Å². The Hall–Kier alpha value is -2.57. The lowest BCUT2D eigenvalue weighted by molar-refractivity contribution is -0.124. The molecule has 24 heavy (non-hydrogen) atoms. The number of rotatable bonds is 3. The zero-order chi connectivity index (χ0) is 17.4. The lowest BCUT2D eigenvalue weighted by Crippen LogP contribution is -2.33. The van der Waals surface area contributed by atoms with E-state index in [-0.39, 0.29) is 23.7 Å². The number of aryl methyl sites for hydroxylation is 3. The van der Waals surface area contributed by atoms with Crippen LogP contribution in [0.15, 0.2) is 22.9 Å². The molecule has 7 nitrogen and oxygen atoms in total. The van der Waals surface area contributed by atoms with Gasteiger partial charge in [-0.2, -0.15) is 5.10 Å². The highest BCUT2D eigenvalue weighted by atomic mass is 16.4. The number of aromatic nitrogens is 2. The Kier molecular flexibility index (Phi) is 4.17. The first-order valence-electron chi connectivity index (χ1n) is 7.97. The molecule has 7 heteroatoms. The van der Waals surface area contributed by atoms with E-state index < -0.39 is 0 Å². The average Bonchev–Trinajstić information content (AvgIpc) is 3.24. The lowest BCUT2D eigenvalue weighted by Gasteiger charge is -2.15. The molecule has 0 bridgehead atoms. The maximum Gasteiger partial charge on any atom is 0.289 e. The summed E-state index contributed by atoms with van der Waals surface area (Å²) >= 11 is 0. The summed E-state index contributed by atoms with van der Waals surface area (Å²) in [4.78, 5) is 26.8. The summed E-state index contributed by atoms with van der Waals surface area (Å²) < 4.78 is 7.26. The zero-order valence-electron chi connectivity index (χ0n) is 14.4. The highest BCUT2D eigenvalue weighted by Crippen LogP contribution is 2.34. The van der Waals surface area contributed by atoms with E-state index in [1.165, 1.54) is 0 Å². The lowest BCUT2D eigenvalue weighted by atomic mass is 9.90. The normalized spacial score (nSPS) is 20.4. The molecule has 2 aromatic rings. The Balaban J connectivity index is 1.87. The van der Waals surface area contributed by atoms with E-state index >= 15 is 0 Å². The Morgan fingerprint density at radius 2 is 2.08 bits per heavy atom. The molecule has 3 heterocycles. The largest absolute Gasteiger partial charge is 0.456 e. The van der Waals surface area contributed by atoms with Gasteiger partial charge in [0, 0.05) is 44.9 Å². The quantitative estimate of drug-likeness (QED) is 0.918. The fourth-order valence-electron chi connectivity index (χ4n) is 3.39. The van der Waals surface area contributed by atoms with Gasteiger partial charge in [-0.25, -0.2) is 0 Å². The third-order valence-corrected chi connectivity index (χ3v) is 4.58. The minimum atomic E-state index is -0.292. The first-order valence-corrected chi connectivity index (χ1v) is 7.97. The van der Waals surface area contributed by atoms with Crippen LogP contribution in [0.4, 0.5) is 0 Å². The van der Waals surface area contributed by atoms with Gasteiger partial charge in [0.15, 0.2) is 5.76 Å². The summed E-state index contributed by atoms with van der Waals surface area (Å²) in [6, 6.07) is 1.85. The van der Waals surface area contributed by atoms with Crippen molar-refractivity contribution in [1.82, 2.24) is 20.0 Å². The topological polar surface area (TPSA) is 80.4 Å². The number of likely N-dealkylation sites (tertiary alicyclic amines) is 1. The molecule has 0 spiro atoms. The number of carbonyl (C=O) groups excluding carboxylic acids is 2. The van der Waals surface area contributed by atoms with Crippen molar-refractivity contribution in [2.75, 3.05) is 20.1 Å². The van der Waals surface area contributed by atoms with Crippen LogP contribution in [0.3, 0.4) is 0 Å². The Morgan fingerprint density at radius 3 is 2.62 bits per heavy atom. The predicted molar refractivity (Wildman–Crippen MR) is 87.6 cm³/mol. The van der Waals surface area contributed by atoms with Gasteiger partial charge in [-0.15, -0.1) is 0 Å². The molecule has 2 atom stereocenters. The van der Waals surface area contributed by atoms with Crippen molar-refractivity contribution in [3.8, 4) is 0 Å². The highest BCUT2D eigenvalue weighted by molar-refractivity contribution is 5.94. The van der Waals surface area contributed by atoms with E-state index in [0.717, 1.165) is 11.1 Å². The standard InChI is InChI=1S/C17H22N4O3/c1-10-5-11(2)24-15(10)17(23)21-8-13(12-6-19-20(4)7-12)14(9-21)16(22)18-3/h5-7,13-14H,8-9H2,1-4H3,(H,18,22)/t13-,14+/m1/s1. The van der Waals surface area contributed by atoms with E-state index in [1.807, 2.05) is 33.2 Å². The van der Waals surface area contributed by atoms with Crippen LogP contribution < -0.4 is 5.32 Å². The summed E-state index contributed by atoms with van der Waals surface area (Å²) in [5.74, 6) is 0.475. The molecule has 3 rings (SSSR count). The predicted octanol–water partition coefficient (Wildman–Crippen LogP) is 1.23. The van der Waals surface area contributed by atoms with E-state index in [9.17, 15) is 9.59 Å². The van der Waals surface area contributed by atoms with E-state index in [1.54, 1.807) is 22.8 Å². The van der Waals surface area contributed by atoms with Crippen molar-refractivity contribution >= 4 is 11.8 Å². The molecule has 0 unspecified atom stereocenters. The molecule has 0 aromatic carbocycles. The monoisotopic (exact) mass is 330 g/mol. The minimum absolute atomic E-state index is 0.0634. The first-order chi connectivity index (χ1) is 11.4. The SMILES string of the molecule is CNC(=O)[C@H]1CN(C(=O)c2oc(C)cc2C)C[C@@H]1c1cnn(C)c1. The second-order valence-corrected chi connectivity index (χ2v) is 6.35. The first kappa shape index (κ1) is 16.3. The van der Waals surface area contributed by atoms with Crippen LogP contribution in [-0.4, -0.2) is 46.6 Å². The molecular formula is C17H22N4O3. The van der Waals surface area contributed by atoms with Crippen molar-refractivity contribution in [3.05, 3.63) is 41.1 Å². The van der Waals surface area contributed by atoms with Crippen LogP contribution in [-0.2, 0) is 11.8 Å². The van der Waals surface area contributed by atoms with Gasteiger partial charge in [0.1, 0.15) is 5.76 Å². The van der Waals surface area contributed by atoms with E-state index in [4.69, 9.17) is 4.42 Å². The van der Waals surface area contributed by atoms with Crippen LogP contribution in [0.2, 0.25) is 0 Å². The van der Waals surface area contributed by atoms with Gasteiger partial charge < -0.3 is 14.6 Å². The van der Waals surface area contributed by atoms with Crippen LogP contribution in [0.1, 0.15) is 33.4 Å². The number of furan rings is 1. The number of amides is 2. The summed E-state index contributed by atoms with van der Waals surface area (Å²) in [6.45, 7) is 4.52. The summed E-state index contributed by atoms with van der Waals surface area (Å²) in [5.41, 5.74) is 1.78. The molecule has 0 saturated carbocycles. The number of carbonyl (C=O) groups is 2. The molecule has 1 N–H and O–H groups in total. The van der Waals surface area contributed by atoms with Crippen molar-refractivity contribution < 1.29 is 14.0 Å². The summed E-state index contributed by atoms with van der Waals surface area (Å²) in [5, 5.41) is 6.89. The molecule has 2 amide bonds. The van der Waals surface area contributed by atoms with Crippen molar-refractivity contribution in [2.45, 2.75) is 19.8 Å². The number of hydrogen-bond acceptors (Lipinski definition) is 4.